The Morgan fingerprint density at radius 1 is 1.21 bits per heavy atom. The van der Waals surface area contributed by atoms with Crippen molar-refractivity contribution < 1.29 is 4.79 Å². The summed E-state index contributed by atoms with van der Waals surface area (Å²) in [6.45, 7) is 7.04. The summed E-state index contributed by atoms with van der Waals surface area (Å²) in [5.41, 5.74) is 2.98. The first-order chi connectivity index (χ1) is 11.6. The Balaban J connectivity index is 2.08. The number of carbonyl (C=O) groups is 1. The predicted octanol–water partition coefficient (Wildman–Crippen LogP) is 4.43. The van der Waals surface area contributed by atoms with E-state index >= 15 is 0 Å². The number of hydrogen-bond donors (Lipinski definition) is 1. The topological polar surface area (TPSA) is 59.8 Å². The number of carbonyl (C=O) groups excluding carboxylic acids is 1. The number of nitrogens with zero attached hydrogens (tertiary/aromatic N) is 3. The van der Waals surface area contributed by atoms with Gasteiger partial charge in [-0.2, -0.15) is 5.10 Å². The van der Waals surface area contributed by atoms with Crippen LogP contribution in [0.4, 0.5) is 5.82 Å². The molecule has 0 fully saturated rings. The minimum atomic E-state index is 0.0175. The third kappa shape index (κ3) is 3.25. The second-order valence-corrected chi connectivity index (χ2v) is 6.28. The van der Waals surface area contributed by atoms with E-state index in [2.05, 4.69) is 55.5 Å². The van der Waals surface area contributed by atoms with E-state index in [1.807, 2.05) is 4.68 Å². The summed E-state index contributed by atoms with van der Waals surface area (Å²) >= 11 is 0. The quantitative estimate of drug-likeness (QED) is 0.729. The van der Waals surface area contributed by atoms with Gasteiger partial charge >= 0.3 is 0 Å². The maximum Gasteiger partial charge on any atom is 0.225 e. The Morgan fingerprint density at radius 2 is 2.04 bits per heavy atom. The summed E-state index contributed by atoms with van der Waals surface area (Å²) in [7, 11) is 0. The number of amides is 1. The second-order valence-electron chi connectivity index (χ2n) is 6.28. The molecule has 0 saturated carbocycles. The molecule has 0 saturated heterocycles. The zero-order valence-corrected chi connectivity index (χ0v) is 14.6. The van der Waals surface area contributed by atoms with Crippen molar-refractivity contribution in [2.75, 3.05) is 5.32 Å². The van der Waals surface area contributed by atoms with Crippen LogP contribution >= 0.6 is 0 Å². The highest BCUT2D eigenvalue weighted by molar-refractivity contribution is 6.02. The van der Waals surface area contributed by atoms with E-state index in [9.17, 15) is 4.79 Å². The van der Waals surface area contributed by atoms with Gasteiger partial charge in [0.1, 0.15) is 0 Å². The number of pyridine rings is 1. The van der Waals surface area contributed by atoms with E-state index in [1.165, 1.54) is 5.56 Å². The van der Waals surface area contributed by atoms with Crippen molar-refractivity contribution in [3.05, 3.63) is 29.8 Å². The third-order valence-electron chi connectivity index (χ3n) is 4.12. The smallest absolute Gasteiger partial charge is 0.225 e. The lowest BCUT2D eigenvalue weighted by molar-refractivity contribution is -0.116. The van der Waals surface area contributed by atoms with Crippen LogP contribution < -0.4 is 5.32 Å². The molecule has 126 valence electrons. The molecule has 0 spiro atoms. The van der Waals surface area contributed by atoms with E-state index in [-0.39, 0.29) is 5.91 Å². The summed E-state index contributed by atoms with van der Waals surface area (Å²) in [5, 5.41) is 9.53. The van der Waals surface area contributed by atoms with Crippen LogP contribution in [0.1, 0.15) is 45.1 Å². The summed E-state index contributed by atoms with van der Waals surface area (Å²) in [4.78, 5) is 16.9. The first-order valence-corrected chi connectivity index (χ1v) is 8.70. The average molecular weight is 324 g/mol. The van der Waals surface area contributed by atoms with Crippen LogP contribution in [0.3, 0.4) is 0 Å². The molecule has 1 aromatic carbocycles. The molecule has 0 aliphatic carbocycles. The minimum Gasteiger partial charge on any atom is -0.309 e. The highest BCUT2D eigenvalue weighted by atomic mass is 16.1. The normalized spacial score (nSPS) is 11.3. The van der Waals surface area contributed by atoms with E-state index in [0.717, 1.165) is 47.7 Å². The zero-order chi connectivity index (χ0) is 17.1. The van der Waals surface area contributed by atoms with Crippen molar-refractivity contribution in [1.82, 2.24) is 14.8 Å². The molecule has 1 N–H and O–H groups in total. The SMILES string of the molecule is CCCCC(=O)Nc1nn(CCC)c2nc3cc(C)ccc3cc12. The fourth-order valence-electron chi connectivity index (χ4n) is 2.85. The lowest BCUT2D eigenvalue weighted by Crippen LogP contribution is -2.12. The van der Waals surface area contributed by atoms with Crippen molar-refractivity contribution in [1.29, 1.82) is 0 Å². The highest BCUT2D eigenvalue weighted by Gasteiger charge is 2.15. The zero-order valence-electron chi connectivity index (χ0n) is 14.6. The van der Waals surface area contributed by atoms with Gasteiger partial charge in [-0.05, 0) is 37.5 Å². The summed E-state index contributed by atoms with van der Waals surface area (Å²) in [6, 6.07) is 8.30. The molecule has 0 aliphatic heterocycles. The Morgan fingerprint density at radius 3 is 2.79 bits per heavy atom. The van der Waals surface area contributed by atoms with Gasteiger partial charge in [0.15, 0.2) is 11.5 Å². The van der Waals surface area contributed by atoms with Crippen LogP contribution in [0.5, 0.6) is 0 Å². The van der Waals surface area contributed by atoms with E-state index < -0.39 is 0 Å². The molecule has 0 bridgehead atoms. The van der Waals surface area contributed by atoms with Crippen LogP contribution in [0.15, 0.2) is 24.3 Å². The number of anilines is 1. The standard InChI is InChI=1S/C19H24N4O/c1-4-6-7-17(24)21-18-15-12-14-9-8-13(3)11-16(14)20-19(15)23(22-18)10-5-2/h8-9,11-12H,4-7,10H2,1-3H3,(H,21,22,24). The number of aryl methyl sites for hydroxylation is 2. The second kappa shape index (κ2) is 6.99. The number of unbranched alkanes of at least 4 members (excludes halogenated alkanes) is 1. The van der Waals surface area contributed by atoms with Gasteiger partial charge in [0.05, 0.1) is 10.9 Å². The van der Waals surface area contributed by atoms with Crippen LogP contribution in [-0.2, 0) is 11.3 Å². The van der Waals surface area contributed by atoms with Crippen molar-refractivity contribution >= 4 is 33.7 Å². The molecular formula is C19H24N4O. The maximum absolute atomic E-state index is 12.1. The van der Waals surface area contributed by atoms with Gasteiger partial charge in [-0.3, -0.25) is 4.79 Å². The summed E-state index contributed by atoms with van der Waals surface area (Å²) in [5.74, 6) is 0.637. The third-order valence-corrected chi connectivity index (χ3v) is 4.12. The Bertz CT molecular complexity index is 882. The van der Waals surface area contributed by atoms with Crippen LogP contribution in [0, 0.1) is 6.92 Å². The van der Waals surface area contributed by atoms with Crippen LogP contribution in [0.2, 0.25) is 0 Å². The van der Waals surface area contributed by atoms with E-state index in [4.69, 9.17) is 4.98 Å². The van der Waals surface area contributed by atoms with Crippen LogP contribution in [-0.4, -0.2) is 20.7 Å². The molecule has 2 aromatic heterocycles. The Hall–Kier alpha value is -2.43. The molecule has 0 unspecified atom stereocenters. The molecule has 0 atom stereocenters. The number of aromatic nitrogens is 3. The molecule has 0 radical (unpaired) electrons. The minimum absolute atomic E-state index is 0.0175. The molecule has 0 aliphatic rings. The first kappa shape index (κ1) is 16.4. The molecule has 5 nitrogen and oxygen atoms in total. The number of rotatable bonds is 6. The molecule has 5 heteroatoms. The average Bonchev–Trinajstić information content (AvgIpc) is 2.88. The van der Waals surface area contributed by atoms with Gasteiger partial charge < -0.3 is 5.32 Å². The molecule has 1 amide bonds. The van der Waals surface area contributed by atoms with Gasteiger partial charge in [0.2, 0.25) is 5.91 Å². The number of fused-ring (bicyclic) bond motifs is 2. The fraction of sp³-hybridized carbons (Fsp3) is 0.421. The van der Waals surface area contributed by atoms with Crippen LogP contribution in [0.25, 0.3) is 21.9 Å². The van der Waals surface area contributed by atoms with Crippen molar-refractivity contribution in [2.24, 2.45) is 0 Å². The van der Waals surface area contributed by atoms with Crippen molar-refractivity contribution in [2.45, 2.75) is 53.0 Å². The van der Waals surface area contributed by atoms with Crippen molar-refractivity contribution in [3.63, 3.8) is 0 Å². The monoisotopic (exact) mass is 324 g/mol. The van der Waals surface area contributed by atoms with Gasteiger partial charge in [0.25, 0.3) is 0 Å². The molecular weight excluding hydrogens is 300 g/mol. The summed E-state index contributed by atoms with van der Waals surface area (Å²) in [6.07, 6.45) is 3.39. The lowest BCUT2D eigenvalue weighted by atomic mass is 10.1. The fourth-order valence-corrected chi connectivity index (χ4v) is 2.85. The molecule has 24 heavy (non-hydrogen) atoms. The highest BCUT2D eigenvalue weighted by Crippen LogP contribution is 2.26. The largest absolute Gasteiger partial charge is 0.309 e. The van der Waals surface area contributed by atoms with Gasteiger partial charge in [-0.15, -0.1) is 0 Å². The Labute approximate surface area is 142 Å². The van der Waals surface area contributed by atoms with Gasteiger partial charge in [-0.1, -0.05) is 32.4 Å². The number of benzene rings is 1. The lowest BCUT2D eigenvalue weighted by Gasteiger charge is -2.03. The first-order valence-electron chi connectivity index (χ1n) is 8.70. The van der Waals surface area contributed by atoms with E-state index in [0.29, 0.717) is 12.2 Å². The Kier molecular flexibility index (Phi) is 4.79. The summed E-state index contributed by atoms with van der Waals surface area (Å²) < 4.78 is 1.90. The van der Waals surface area contributed by atoms with Gasteiger partial charge in [-0.25, -0.2) is 9.67 Å². The van der Waals surface area contributed by atoms with Gasteiger partial charge in [0, 0.05) is 18.4 Å². The maximum atomic E-state index is 12.1. The van der Waals surface area contributed by atoms with Crippen molar-refractivity contribution in [3.8, 4) is 0 Å². The van der Waals surface area contributed by atoms with E-state index in [1.54, 1.807) is 0 Å². The number of hydrogen-bond acceptors (Lipinski definition) is 3. The molecule has 3 rings (SSSR count). The predicted molar refractivity (Wildman–Crippen MR) is 98.2 cm³/mol. The number of nitrogens with one attached hydrogen (secondary N) is 1. The molecule has 3 aromatic rings. The molecule has 2 heterocycles.